The lowest BCUT2D eigenvalue weighted by Crippen LogP contribution is -2.30. The van der Waals surface area contributed by atoms with Crippen molar-refractivity contribution in [2.45, 2.75) is 64.3 Å². The van der Waals surface area contributed by atoms with Gasteiger partial charge in [-0.15, -0.1) is 5.10 Å². The molecule has 0 saturated heterocycles. The average Bonchev–Trinajstić information content (AvgIpc) is 3.30. The number of rotatable bonds is 12. The van der Waals surface area contributed by atoms with Crippen molar-refractivity contribution in [2.75, 3.05) is 17.7 Å². The Bertz CT molecular complexity index is 1240. The molecule has 0 spiro atoms. The van der Waals surface area contributed by atoms with E-state index in [1.54, 1.807) is 16.4 Å². The maximum atomic E-state index is 13.4. The second-order valence-electron chi connectivity index (χ2n) is 8.87. The lowest BCUT2D eigenvalue weighted by Gasteiger charge is -2.29. The van der Waals surface area contributed by atoms with Gasteiger partial charge in [0.15, 0.2) is 0 Å². The van der Waals surface area contributed by atoms with E-state index in [-0.39, 0.29) is 5.97 Å². The molecule has 1 aliphatic rings. The van der Waals surface area contributed by atoms with Crippen molar-refractivity contribution in [2.24, 2.45) is 0 Å². The fraction of sp³-hybridized carbons (Fsp3) is 0.393. The summed E-state index contributed by atoms with van der Waals surface area (Å²) in [7, 11) is 0. The Labute approximate surface area is 227 Å². The van der Waals surface area contributed by atoms with Crippen LogP contribution in [0.2, 0.25) is 5.02 Å². The van der Waals surface area contributed by atoms with Gasteiger partial charge in [-0.1, -0.05) is 80.4 Å². The molecule has 0 bridgehead atoms. The minimum Gasteiger partial charge on any atom is -0.489 e. The molecule has 1 unspecified atom stereocenters. The van der Waals surface area contributed by atoms with Crippen molar-refractivity contribution < 1.29 is 14.3 Å². The van der Waals surface area contributed by atoms with Crippen LogP contribution < -0.4 is 10.1 Å². The first-order chi connectivity index (χ1) is 18.0. The number of hydrogen-bond acceptors (Lipinski definition) is 7. The molecule has 0 amide bonds. The van der Waals surface area contributed by atoms with Gasteiger partial charge in [0.2, 0.25) is 11.1 Å². The minimum atomic E-state index is -0.542. The number of nitrogens with one attached hydrogen (secondary N) is 1. The van der Waals surface area contributed by atoms with Crippen LogP contribution in [0.25, 0.3) is 0 Å². The molecule has 1 aliphatic heterocycles. The summed E-state index contributed by atoms with van der Waals surface area (Å²) in [4.78, 5) is 18.1. The Morgan fingerprint density at radius 1 is 1.11 bits per heavy atom. The van der Waals surface area contributed by atoms with Crippen LogP contribution in [0.5, 0.6) is 5.75 Å². The molecular weight excluding hydrogens is 508 g/mol. The molecule has 0 radical (unpaired) electrons. The normalized spacial score (nSPS) is 14.8. The summed E-state index contributed by atoms with van der Waals surface area (Å²) < 4.78 is 13.7. The van der Waals surface area contributed by atoms with Crippen LogP contribution >= 0.6 is 23.4 Å². The highest BCUT2D eigenvalue weighted by Crippen LogP contribution is 2.40. The number of hydrogen-bond donors (Lipinski definition) is 1. The number of carbonyl (C=O) groups excluding carboxylic acids is 1. The highest BCUT2D eigenvalue weighted by molar-refractivity contribution is 7.99. The zero-order valence-corrected chi connectivity index (χ0v) is 23.1. The van der Waals surface area contributed by atoms with Crippen LogP contribution in [0.3, 0.4) is 0 Å². The maximum Gasteiger partial charge on any atom is 0.338 e. The largest absolute Gasteiger partial charge is 0.489 e. The van der Waals surface area contributed by atoms with Gasteiger partial charge in [-0.3, -0.25) is 0 Å². The zero-order chi connectivity index (χ0) is 26.2. The number of unbranched alkanes of at least 4 members (excludes halogenated alkanes) is 2. The number of ether oxygens (including phenoxy) is 2. The van der Waals surface area contributed by atoms with Crippen LogP contribution in [-0.2, 0) is 16.1 Å². The van der Waals surface area contributed by atoms with Gasteiger partial charge in [-0.25, -0.2) is 9.48 Å². The Hall–Kier alpha value is -2.97. The predicted molar refractivity (Wildman–Crippen MR) is 148 cm³/mol. The molecule has 7 nitrogen and oxygen atoms in total. The molecule has 3 aromatic rings. The summed E-state index contributed by atoms with van der Waals surface area (Å²) in [6.45, 7) is 6.84. The Morgan fingerprint density at radius 3 is 2.62 bits per heavy atom. The van der Waals surface area contributed by atoms with E-state index in [9.17, 15) is 4.79 Å². The summed E-state index contributed by atoms with van der Waals surface area (Å²) >= 11 is 7.65. The first-order valence-corrected chi connectivity index (χ1v) is 14.1. The molecule has 0 saturated carbocycles. The van der Waals surface area contributed by atoms with Gasteiger partial charge in [0.25, 0.3) is 0 Å². The third-order valence-corrected chi connectivity index (χ3v) is 7.21. The summed E-state index contributed by atoms with van der Waals surface area (Å²) in [5, 5.41) is 9.44. The highest BCUT2D eigenvalue weighted by Gasteiger charge is 2.36. The molecule has 0 fully saturated rings. The minimum absolute atomic E-state index is 0.362. The number of halogens is 1. The lowest BCUT2D eigenvalue weighted by molar-refractivity contribution is -0.139. The number of fused-ring (bicyclic) bond motifs is 1. The standard InChI is InChI=1S/C28H33ClN4O3S/c1-4-6-16-35-26(34)24-19(3)30-27-31-28(37-17-7-5-2)32-33(27)25(24)22-10-8-9-11-23(22)36-18-20-12-14-21(29)15-13-20/h8-15,25H,4-7,16-18H2,1-3H3,(H,30,31,32). The summed E-state index contributed by atoms with van der Waals surface area (Å²) in [6, 6.07) is 14.8. The van der Waals surface area contributed by atoms with Crippen molar-refractivity contribution >= 4 is 35.3 Å². The van der Waals surface area contributed by atoms with Gasteiger partial charge in [0.05, 0.1) is 12.2 Å². The van der Waals surface area contributed by atoms with E-state index in [2.05, 4.69) is 19.2 Å². The van der Waals surface area contributed by atoms with Gasteiger partial charge in [-0.2, -0.15) is 4.98 Å². The summed E-state index contributed by atoms with van der Waals surface area (Å²) in [5.41, 5.74) is 3.01. The molecule has 9 heteroatoms. The maximum absolute atomic E-state index is 13.4. The molecule has 4 rings (SSSR count). The van der Waals surface area contributed by atoms with E-state index in [1.807, 2.05) is 55.5 Å². The van der Waals surface area contributed by atoms with E-state index >= 15 is 0 Å². The van der Waals surface area contributed by atoms with Gasteiger partial charge < -0.3 is 14.8 Å². The fourth-order valence-corrected chi connectivity index (χ4v) is 5.06. The number of allylic oxidation sites excluding steroid dienone is 1. The Balaban J connectivity index is 1.70. The first kappa shape index (κ1) is 27.1. The van der Waals surface area contributed by atoms with Crippen LogP contribution in [0.4, 0.5) is 5.95 Å². The van der Waals surface area contributed by atoms with Gasteiger partial charge in [-0.05, 0) is 43.5 Å². The molecule has 0 aliphatic carbocycles. The van der Waals surface area contributed by atoms with E-state index in [1.165, 1.54) is 0 Å². The first-order valence-electron chi connectivity index (χ1n) is 12.7. The number of benzene rings is 2. The summed E-state index contributed by atoms with van der Waals surface area (Å²) in [5.74, 6) is 1.83. The second kappa shape index (κ2) is 13.0. The number of thioether (sulfide) groups is 1. The number of carbonyl (C=O) groups is 1. The van der Waals surface area contributed by atoms with Gasteiger partial charge in [0.1, 0.15) is 18.4 Å². The number of nitrogens with zero attached hydrogens (tertiary/aromatic N) is 3. The van der Waals surface area contributed by atoms with Crippen LogP contribution in [0.1, 0.15) is 63.6 Å². The predicted octanol–water partition coefficient (Wildman–Crippen LogP) is 7.03. The highest BCUT2D eigenvalue weighted by atomic mass is 35.5. The third kappa shape index (κ3) is 6.67. The number of anilines is 1. The fourth-order valence-electron chi connectivity index (χ4n) is 4.02. The van der Waals surface area contributed by atoms with Crippen molar-refractivity contribution in [3.8, 4) is 5.75 Å². The Kier molecular flexibility index (Phi) is 9.52. The molecule has 1 N–H and O–H groups in total. The molecule has 2 aromatic carbocycles. The van der Waals surface area contributed by atoms with Gasteiger partial charge in [0, 0.05) is 22.0 Å². The van der Waals surface area contributed by atoms with Crippen molar-refractivity contribution in [3.05, 3.63) is 76.0 Å². The van der Waals surface area contributed by atoms with E-state index < -0.39 is 6.04 Å². The van der Waals surface area contributed by atoms with E-state index in [0.29, 0.717) is 46.4 Å². The van der Waals surface area contributed by atoms with E-state index in [0.717, 1.165) is 42.6 Å². The Morgan fingerprint density at radius 2 is 1.86 bits per heavy atom. The van der Waals surface area contributed by atoms with Crippen LogP contribution in [-0.4, -0.2) is 33.1 Å². The molecule has 37 heavy (non-hydrogen) atoms. The second-order valence-corrected chi connectivity index (χ2v) is 10.4. The summed E-state index contributed by atoms with van der Waals surface area (Å²) in [6.07, 6.45) is 3.94. The van der Waals surface area contributed by atoms with Crippen LogP contribution in [0, 0.1) is 0 Å². The van der Waals surface area contributed by atoms with Crippen molar-refractivity contribution in [1.82, 2.24) is 14.8 Å². The molecule has 1 atom stereocenters. The van der Waals surface area contributed by atoms with Gasteiger partial charge >= 0.3 is 5.97 Å². The monoisotopic (exact) mass is 540 g/mol. The number of aromatic nitrogens is 3. The lowest BCUT2D eigenvalue weighted by atomic mass is 9.95. The van der Waals surface area contributed by atoms with Crippen molar-refractivity contribution in [1.29, 1.82) is 0 Å². The number of para-hydroxylation sites is 1. The molecule has 2 heterocycles. The quantitative estimate of drug-likeness (QED) is 0.150. The number of esters is 1. The average molecular weight is 541 g/mol. The van der Waals surface area contributed by atoms with Crippen LogP contribution in [0.15, 0.2) is 65.0 Å². The SMILES string of the molecule is CCCCOC(=O)C1=C(C)Nc2nc(SCCCC)nn2C1c1ccccc1OCc1ccc(Cl)cc1. The van der Waals surface area contributed by atoms with E-state index in [4.69, 9.17) is 31.2 Å². The third-order valence-electron chi connectivity index (χ3n) is 6.03. The van der Waals surface area contributed by atoms with Crippen molar-refractivity contribution in [3.63, 3.8) is 0 Å². The molecular formula is C28H33ClN4O3S. The topological polar surface area (TPSA) is 78.3 Å². The smallest absolute Gasteiger partial charge is 0.338 e. The molecule has 1 aromatic heterocycles. The zero-order valence-electron chi connectivity index (χ0n) is 21.5. The molecule has 196 valence electrons.